The van der Waals surface area contributed by atoms with E-state index in [0.717, 1.165) is 33.3 Å². The van der Waals surface area contributed by atoms with Crippen molar-refractivity contribution in [1.29, 1.82) is 0 Å². The lowest BCUT2D eigenvalue weighted by atomic mass is 9.92. The number of fused-ring (bicyclic) bond motifs is 4. The van der Waals surface area contributed by atoms with Gasteiger partial charge in [0.1, 0.15) is 16.8 Å². The van der Waals surface area contributed by atoms with Gasteiger partial charge in [-0.25, -0.2) is 4.57 Å². The Morgan fingerprint density at radius 3 is 2.28 bits per heavy atom. The van der Waals surface area contributed by atoms with Crippen LogP contribution in [0.2, 0.25) is 0 Å². The molecule has 4 nitrogen and oxygen atoms in total. The van der Waals surface area contributed by atoms with E-state index in [-0.39, 0.29) is 0 Å². The lowest BCUT2D eigenvalue weighted by molar-refractivity contribution is -0.633. The van der Waals surface area contributed by atoms with E-state index < -0.39 is 0 Å². The molecule has 0 spiro atoms. The molecule has 0 saturated heterocycles. The normalized spacial score (nSPS) is 12.1. The third-order valence-corrected chi connectivity index (χ3v) is 7.45. The molecule has 3 heterocycles. The first kappa shape index (κ1) is 22.5. The maximum Gasteiger partial charge on any atom is 0.299 e. The molecule has 0 aliphatic rings. The molecule has 0 atom stereocenters. The number of hydrogen-bond donors (Lipinski definition) is 0. The van der Waals surface area contributed by atoms with Gasteiger partial charge in [0, 0.05) is 34.3 Å². The van der Waals surface area contributed by atoms with Crippen LogP contribution in [0.3, 0.4) is 0 Å². The fraction of sp³-hybridized carbons (Fsp3) is 0.250. The molecule has 0 amide bonds. The summed E-state index contributed by atoms with van der Waals surface area (Å²) in [6.07, 6.45) is 3.70. The monoisotopic (exact) mass is 474 g/mol. The van der Waals surface area contributed by atoms with Crippen LogP contribution >= 0.6 is 0 Å². The summed E-state index contributed by atoms with van der Waals surface area (Å²) in [7, 11) is 2.17. The molecule has 0 fully saturated rings. The summed E-state index contributed by atoms with van der Waals surface area (Å²) in [5.74, 6) is 1.89. The number of aryl methyl sites for hydroxylation is 2. The van der Waals surface area contributed by atoms with E-state index >= 15 is 0 Å². The predicted octanol–water partition coefficient (Wildman–Crippen LogP) is 7.97. The zero-order valence-corrected chi connectivity index (χ0v) is 21.8. The van der Waals surface area contributed by atoms with Gasteiger partial charge in [0.2, 0.25) is 0 Å². The molecule has 36 heavy (non-hydrogen) atoms. The number of aromatic nitrogens is 3. The number of pyridine rings is 1. The molecule has 0 saturated carbocycles. The minimum absolute atomic E-state index is 0.382. The van der Waals surface area contributed by atoms with E-state index in [2.05, 4.69) is 110 Å². The molecule has 3 aromatic carbocycles. The first-order chi connectivity index (χ1) is 17.4. The third kappa shape index (κ3) is 3.21. The van der Waals surface area contributed by atoms with Gasteiger partial charge in [-0.2, -0.15) is 4.57 Å². The van der Waals surface area contributed by atoms with Gasteiger partial charge < -0.3 is 4.42 Å². The van der Waals surface area contributed by atoms with Gasteiger partial charge >= 0.3 is 0 Å². The molecule has 0 bridgehead atoms. The summed E-state index contributed by atoms with van der Waals surface area (Å²) in [6.45, 7) is 11.3. The molecular formula is C32H32N3O+. The number of benzene rings is 3. The average Bonchev–Trinajstić information content (AvgIpc) is 3.39. The van der Waals surface area contributed by atoms with Crippen LogP contribution in [-0.4, -0.2) is 9.55 Å². The standard InChI is InChI=1S/C32H32N3O/c1-19(2)22-10-9-11-23(20(3)4)30(22)35-27-13-8-7-12-26(27)34(6)32(35)29-21(5)14-15-24-25-18-33-17-16-28(25)36-31(24)29/h7-20H,1-6H3/q+1. The maximum absolute atomic E-state index is 6.55. The molecule has 3 aromatic heterocycles. The fourth-order valence-corrected chi connectivity index (χ4v) is 5.65. The Bertz CT molecular complexity index is 1740. The largest absolute Gasteiger partial charge is 0.455 e. The van der Waals surface area contributed by atoms with Gasteiger partial charge in [0.05, 0.1) is 7.05 Å². The third-order valence-electron chi connectivity index (χ3n) is 7.45. The Morgan fingerprint density at radius 1 is 0.833 bits per heavy atom. The van der Waals surface area contributed by atoms with Gasteiger partial charge in [0.25, 0.3) is 5.82 Å². The molecule has 0 aliphatic carbocycles. The van der Waals surface area contributed by atoms with Crippen molar-refractivity contribution in [1.82, 2.24) is 9.55 Å². The summed E-state index contributed by atoms with van der Waals surface area (Å²) >= 11 is 0. The SMILES string of the molecule is Cc1ccc2c(oc3ccncc32)c1-c1n(-c2c(C(C)C)cccc2C(C)C)c2ccccc2[n+]1C. The summed E-state index contributed by atoms with van der Waals surface area (Å²) in [6, 6.07) is 21.8. The van der Waals surface area contributed by atoms with Gasteiger partial charge in [-0.1, -0.05) is 70.2 Å². The molecule has 0 radical (unpaired) electrons. The number of rotatable bonds is 4. The Labute approximate surface area is 211 Å². The van der Waals surface area contributed by atoms with Crippen molar-refractivity contribution in [3.63, 3.8) is 0 Å². The maximum atomic E-state index is 6.55. The molecule has 0 aliphatic heterocycles. The minimum Gasteiger partial charge on any atom is -0.455 e. The van der Waals surface area contributed by atoms with Crippen molar-refractivity contribution in [2.24, 2.45) is 7.05 Å². The van der Waals surface area contributed by atoms with Crippen molar-refractivity contribution in [2.75, 3.05) is 0 Å². The number of nitrogens with zero attached hydrogens (tertiary/aromatic N) is 3. The zero-order chi connectivity index (χ0) is 25.1. The van der Waals surface area contributed by atoms with E-state index in [1.807, 2.05) is 12.3 Å². The van der Waals surface area contributed by atoms with Crippen LogP contribution in [0.25, 0.3) is 50.0 Å². The van der Waals surface area contributed by atoms with Gasteiger partial charge in [-0.05, 0) is 42.5 Å². The molecular weight excluding hydrogens is 442 g/mol. The fourth-order valence-electron chi connectivity index (χ4n) is 5.65. The van der Waals surface area contributed by atoms with Gasteiger partial charge in [0.15, 0.2) is 16.6 Å². The van der Waals surface area contributed by atoms with Crippen LogP contribution in [0.15, 0.2) is 77.5 Å². The lowest BCUT2D eigenvalue weighted by Gasteiger charge is -2.18. The van der Waals surface area contributed by atoms with E-state index in [4.69, 9.17) is 4.42 Å². The Morgan fingerprint density at radius 2 is 1.56 bits per heavy atom. The summed E-state index contributed by atoms with van der Waals surface area (Å²) in [5.41, 5.74) is 10.4. The number of hydrogen-bond acceptors (Lipinski definition) is 2. The topological polar surface area (TPSA) is 34.8 Å². The number of furan rings is 1. The quantitative estimate of drug-likeness (QED) is 0.243. The molecule has 0 N–H and O–H groups in total. The second kappa shape index (κ2) is 8.34. The van der Waals surface area contributed by atoms with Crippen LogP contribution in [0.5, 0.6) is 0 Å². The van der Waals surface area contributed by atoms with Gasteiger partial charge in [-0.15, -0.1) is 0 Å². The first-order valence-electron chi connectivity index (χ1n) is 12.8. The first-order valence-corrected chi connectivity index (χ1v) is 12.8. The second-order valence-corrected chi connectivity index (χ2v) is 10.4. The highest BCUT2D eigenvalue weighted by atomic mass is 16.3. The van der Waals surface area contributed by atoms with Crippen molar-refractivity contribution in [3.05, 3.63) is 89.7 Å². The van der Waals surface area contributed by atoms with Crippen molar-refractivity contribution in [3.8, 4) is 17.1 Å². The summed E-state index contributed by atoms with van der Waals surface area (Å²) in [5, 5.41) is 2.14. The smallest absolute Gasteiger partial charge is 0.299 e. The number of imidazole rings is 1. The van der Waals surface area contributed by atoms with Crippen LogP contribution < -0.4 is 4.57 Å². The molecule has 6 rings (SSSR count). The molecule has 6 aromatic rings. The van der Waals surface area contributed by atoms with E-state index in [9.17, 15) is 0 Å². The lowest BCUT2D eigenvalue weighted by Crippen LogP contribution is -2.30. The van der Waals surface area contributed by atoms with E-state index in [1.54, 1.807) is 6.20 Å². The highest BCUT2D eigenvalue weighted by Gasteiger charge is 2.33. The zero-order valence-electron chi connectivity index (χ0n) is 21.8. The Balaban J connectivity index is 1.84. The highest BCUT2D eigenvalue weighted by Crippen LogP contribution is 2.41. The Kier molecular flexibility index (Phi) is 5.22. The highest BCUT2D eigenvalue weighted by molar-refractivity contribution is 6.09. The number of para-hydroxylation sites is 3. The van der Waals surface area contributed by atoms with Gasteiger partial charge in [-0.3, -0.25) is 4.98 Å². The summed E-state index contributed by atoms with van der Waals surface area (Å²) < 4.78 is 11.4. The molecule has 4 heteroatoms. The van der Waals surface area contributed by atoms with Crippen molar-refractivity contribution >= 4 is 33.0 Å². The second-order valence-electron chi connectivity index (χ2n) is 10.4. The average molecular weight is 475 g/mol. The molecule has 180 valence electrons. The van der Waals surface area contributed by atoms with Crippen molar-refractivity contribution < 1.29 is 8.98 Å². The Hall–Kier alpha value is -3.92. The van der Waals surface area contributed by atoms with E-state index in [0.29, 0.717) is 11.8 Å². The van der Waals surface area contributed by atoms with Crippen LogP contribution in [0.1, 0.15) is 56.2 Å². The molecule has 0 unspecified atom stereocenters. The van der Waals surface area contributed by atoms with Crippen LogP contribution in [0, 0.1) is 6.92 Å². The minimum atomic E-state index is 0.382. The predicted molar refractivity (Wildman–Crippen MR) is 148 cm³/mol. The summed E-state index contributed by atoms with van der Waals surface area (Å²) in [4.78, 5) is 4.37. The van der Waals surface area contributed by atoms with Crippen LogP contribution in [-0.2, 0) is 7.05 Å². The van der Waals surface area contributed by atoms with Crippen LogP contribution in [0.4, 0.5) is 0 Å². The van der Waals surface area contributed by atoms with Crippen molar-refractivity contribution in [2.45, 2.75) is 46.5 Å². The van der Waals surface area contributed by atoms with E-state index in [1.165, 1.54) is 33.4 Å².